The molecule has 15 heavy (non-hydrogen) atoms. The van der Waals surface area contributed by atoms with Gasteiger partial charge in [0.1, 0.15) is 0 Å². The molecule has 0 unspecified atom stereocenters. The maximum absolute atomic E-state index is 10.5. The zero-order chi connectivity index (χ0) is 11.1. The van der Waals surface area contributed by atoms with Crippen LogP contribution in [0.4, 0.5) is 0 Å². The number of carboxylic acid groups (broad SMARTS) is 1. The number of rotatable bonds is 7. The summed E-state index contributed by atoms with van der Waals surface area (Å²) in [7, 11) is 0. The lowest BCUT2D eigenvalue weighted by Gasteiger charge is -1.99. The Hall–Kier alpha value is -1.36. The van der Waals surface area contributed by atoms with Crippen LogP contribution in [0.5, 0.6) is 0 Å². The van der Waals surface area contributed by atoms with Crippen molar-refractivity contribution in [1.82, 2.24) is 10.5 Å². The molecule has 0 saturated heterocycles. The fourth-order valence-electron chi connectivity index (χ4n) is 1.21. The number of nitrogens with zero attached hydrogens (tertiary/aromatic N) is 1. The summed E-state index contributed by atoms with van der Waals surface area (Å²) in [5.41, 5.74) is -0.0413. The second-order valence-electron chi connectivity index (χ2n) is 3.37. The highest BCUT2D eigenvalue weighted by molar-refractivity contribution is 5.85. The van der Waals surface area contributed by atoms with E-state index in [2.05, 4.69) is 17.4 Å². The maximum Gasteiger partial charge on any atom is 0.358 e. The first-order valence-corrected chi connectivity index (χ1v) is 5.13. The SMILES string of the molecule is CCCCCNCc1cc(C(=O)O)no1. The first-order valence-electron chi connectivity index (χ1n) is 5.13. The van der Waals surface area contributed by atoms with Crippen LogP contribution in [0, 0.1) is 0 Å². The Morgan fingerprint density at radius 1 is 1.60 bits per heavy atom. The van der Waals surface area contributed by atoms with Gasteiger partial charge in [-0.15, -0.1) is 0 Å². The van der Waals surface area contributed by atoms with Crippen molar-refractivity contribution in [3.63, 3.8) is 0 Å². The molecule has 0 atom stereocenters. The van der Waals surface area contributed by atoms with Crippen LogP contribution >= 0.6 is 0 Å². The molecule has 2 N–H and O–H groups in total. The van der Waals surface area contributed by atoms with E-state index >= 15 is 0 Å². The summed E-state index contributed by atoms with van der Waals surface area (Å²) in [5.74, 6) is -0.500. The molecule has 0 saturated carbocycles. The lowest BCUT2D eigenvalue weighted by atomic mass is 10.2. The zero-order valence-corrected chi connectivity index (χ0v) is 8.82. The van der Waals surface area contributed by atoms with Gasteiger partial charge < -0.3 is 14.9 Å². The second-order valence-corrected chi connectivity index (χ2v) is 3.37. The molecule has 0 amide bonds. The number of hydrogen-bond acceptors (Lipinski definition) is 4. The van der Waals surface area contributed by atoms with E-state index in [0.717, 1.165) is 13.0 Å². The molecule has 1 aromatic heterocycles. The summed E-state index contributed by atoms with van der Waals surface area (Å²) >= 11 is 0. The third-order valence-corrected chi connectivity index (χ3v) is 2.03. The lowest BCUT2D eigenvalue weighted by molar-refractivity contribution is 0.0685. The van der Waals surface area contributed by atoms with Gasteiger partial charge in [0, 0.05) is 6.07 Å². The van der Waals surface area contributed by atoms with Crippen LogP contribution in [0.25, 0.3) is 0 Å². The van der Waals surface area contributed by atoms with E-state index in [0.29, 0.717) is 12.3 Å². The summed E-state index contributed by atoms with van der Waals surface area (Å²) in [4.78, 5) is 10.5. The second kappa shape index (κ2) is 6.19. The molecule has 0 aliphatic rings. The third-order valence-electron chi connectivity index (χ3n) is 2.03. The number of unbranched alkanes of at least 4 members (excludes halogenated alkanes) is 2. The Bertz CT molecular complexity index is 309. The minimum Gasteiger partial charge on any atom is -0.476 e. The largest absolute Gasteiger partial charge is 0.476 e. The average molecular weight is 212 g/mol. The Morgan fingerprint density at radius 2 is 2.40 bits per heavy atom. The van der Waals surface area contributed by atoms with Crippen LogP contribution in [0.2, 0.25) is 0 Å². The number of carboxylic acids is 1. The minimum absolute atomic E-state index is 0.0413. The molecule has 1 aromatic rings. The Labute approximate surface area is 88.5 Å². The van der Waals surface area contributed by atoms with E-state index in [9.17, 15) is 4.79 Å². The van der Waals surface area contributed by atoms with Gasteiger partial charge in [0.15, 0.2) is 11.5 Å². The van der Waals surface area contributed by atoms with E-state index in [1.54, 1.807) is 0 Å². The molecule has 84 valence electrons. The predicted octanol–water partition coefficient (Wildman–Crippen LogP) is 1.65. The van der Waals surface area contributed by atoms with E-state index < -0.39 is 5.97 Å². The highest BCUT2D eigenvalue weighted by Gasteiger charge is 2.09. The Balaban J connectivity index is 2.23. The van der Waals surface area contributed by atoms with Crippen molar-refractivity contribution >= 4 is 5.97 Å². The van der Waals surface area contributed by atoms with Gasteiger partial charge in [-0.2, -0.15) is 0 Å². The molecule has 0 aliphatic carbocycles. The van der Waals surface area contributed by atoms with Crippen LogP contribution in [0.3, 0.4) is 0 Å². The predicted molar refractivity (Wildman–Crippen MR) is 54.7 cm³/mol. The molecule has 0 radical (unpaired) electrons. The van der Waals surface area contributed by atoms with Crippen LogP contribution in [0.1, 0.15) is 42.4 Å². The molecule has 5 heteroatoms. The van der Waals surface area contributed by atoms with E-state index in [-0.39, 0.29) is 5.69 Å². The van der Waals surface area contributed by atoms with Gasteiger partial charge in [-0.3, -0.25) is 0 Å². The quantitative estimate of drug-likeness (QED) is 0.672. The van der Waals surface area contributed by atoms with Gasteiger partial charge in [-0.25, -0.2) is 4.79 Å². The van der Waals surface area contributed by atoms with Gasteiger partial charge in [0.05, 0.1) is 6.54 Å². The molecular weight excluding hydrogens is 196 g/mol. The van der Waals surface area contributed by atoms with Crippen molar-refractivity contribution in [2.75, 3.05) is 6.54 Å². The summed E-state index contributed by atoms with van der Waals surface area (Å²) in [6.45, 7) is 3.59. The standard InChI is InChI=1S/C10H16N2O3/c1-2-3-4-5-11-7-8-6-9(10(13)14)12-15-8/h6,11H,2-5,7H2,1H3,(H,13,14). The molecule has 0 aliphatic heterocycles. The number of hydrogen-bond donors (Lipinski definition) is 2. The minimum atomic E-state index is -1.06. The van der Waals surface area contributed by atoms with Crippen molar-refractivity contribution in [3.05, 3.63) is 17.5 Å². The van der Waals surface area contributed by atoms with E-state index in [1.807, 2.05) is 0 Å². The van der Waals surface area contributed by atoms with Crippen molar-refractivity contribution < 1.29 is 14.4 Å². The molecule has 5 nitrogen and oxygen atoms in total. The Kier molecular flexibility index (Phi) is 4.83. The number of carbonyl (C=O) groups is 1. The van der Waals surface area contributed by atoms with Crippen LogP contribution in [0.15, 0.2) is 10.6 Å². The zero-order valence-electron chi connectivity index (χ0n) is 8.82. The molecule has 0 aromatic carbocycles. The Morgan fingerprint density at radius 3 is 3.00 bits per heavy atom. The smallest absolute Gasteiger partial charge is 0.358 e. The van der Waals surface area contributed by atoms with E-state index in [1.165, 1.54) is 18.9 Å². The molecule has 1 rings (SSSR count). The average Bonchev–Trinajstić information content (AvgIpc) is 2.66. The molecule has 0 fully saturated rings. The molecule has 0 spiro atoms. The van der Waals surface area contributed by atoms with Crippen LogP contribution in [-0.4, -0.2) is 22.8 Å². The van der Waals surface area contributed by atoms with Gasteiger partial charge in [0.25, 0.3) is 0 Å². The number of aromatic carboxylic acids is 1. The summed E-state index contributed by atoms with van der Waals surface area (Å²) in [6.07, 6.45) is 3.51. The molecule has 0 bridgehead atoms. The first kappa shape index (κ1) is 11.7. The topological polar surface area (TPSA) is 75.4 Å². The van der Waals surface area contributed by atoms with Gasteiger partial charge >= 0.3 is 5.97 Å². The van der Waals surface area contributed by atoms with Crippen LogP contribution < -0.4 is 5.32 Å². The maximum atomic E-state index is 10.5. The summed E-state index contributed by atoms with van der Waals surface area (Å²) in [5, 5.41) is 15.2. The van der Waals surface area contributed by atoms with Gasteiger partial charge in [-0.05, 0) is 13.0 Å². The van der Waals surface area contributed by atoms with E-state index in [4.69, 9.17) is 9.63 Å². The highest BCUT2D eigenvalue weighted by atomic mass is 16.5. The van der Waals surface area contributed by atoms with Crippen LogP contribution in [-0.2, 0) is 6.54 Å². The van der Waals surface area contributed by atoms with Gasteiger partial charge in [0.2, 0.25) is 0 Å². The fourth-order valence-corrected chi connectivity index (χ4v) is 1.21. The van der Waals surface area contributed by atoms with Gasteiger partial charge in [-0.1, -0.05) is 24.9 Å². The normalized spacial score (nSPS) is 10.5. The highest BCUT2D eigenvalue weighted by Crippen LogP contribution is 2.03. The van der Waals surface area contributed by atoms with Crippen molar-refractivity contribution in [2.24, 2.45) is 0 Å². The first-order chi connectivity index (χ1) is 7.24. The summed E-state index contributed by atoms with van der Waals surface area (Å²) in [6, 6.07) is 1.44. The number of nitrogens with one attached hydrogen (secondary N) is 1. The number of aromatic nitrogens is 1. The fraction of sp³-hybridized carbons (Fsp3) is 0.600. The molecule has 1 heterocycles. The van der Waals surface area contributed by atoms with Crippen molar-refractivity contribution in [1.29, 1.82) is 0 Å². The van der Waals surface area contributed by atoms with Crippen molar-refractivity contribution in [2.45, 2.75) is 32.7 Å². The summed E-state index contributed by atoms with van der Waals surface area (Å²) < 4.78 is 4.84. The lowest BCUT2D eigenvalue weighted by Crippen LogP contribution is -2.14. The molecular formula is C10H16N2O3. The monoisotopic (exact) mass is 212 g/mol. The third kappa shape index (κ3) is 4.12. The van der Waals surface area contributed by atoms with Crippen molar-refractivity contribution in [3.8, 4) is 0 Å².